The number of aromatic nitrogens is 1. The van der Waals surface area contributed by atoms with Gasteiger partial charge >= 0.3 is 0 Å². The zero-order valence-corrected chi connectivity index (χ0v) is 12.8. The van der Waals surface area contributed by atoms with E-state index < -0.39 is 0 Å². The van der Waals surface area contributed by atoms with E-state index in [1.54, 1.807) is 12.3 Å². The van der Waals surface area contributed by atoms with Crippen LogP contribution in [0.5, 0.6) is 0 Å². The molecule has 2 nitrogen and oxygen atoms in total. The molecule has 0 saturated carbocycles. The van der Waals surface area contributed by atoms with Crippen molar-refractivity contribution in [3.63, 3.8) is 0 Å². The second kappa shape index (κ2) is 5.69. The zero-order chi connectivity index (χ0) is 12.4. The number of anilines is 1. The first kappa shape index (κ1) is 13.3. The van der Waals surface area contributed by atoms with Gasteiger partial charge in [-0.25, -0.2) is 9.37 Å². The summed E-state index contributed by atoms with van der Waals surface area (Å²) in [5, 5.41) is 3.48. The second-order valence-electron chi connectivity index (χ2n) is 3.18. The minimum atomic E-state index is -0.318. The maximum Gasteiger partial charge on any atom is 0.183 e. The van der Waals surface area contributed by atoms with Gasteiger partial charge in [0.05, 0.1) is 20.8 Å². The highest BCUT2D eigenvalue weighted by Crippen LogP contribution is 2.27. The molecule has 7 heteroatoms. The third-order valence-corrected chi connectivity index (χ3v) is 4.24. The SMILES string of the molecule is Fc1cc(Cl)c(NCc2cnc(Cl)s2)cc1I. The van der Waals surface area contributed by atoms with Crippen LogP contribution in [0, 0.1) is 9.39 Å². The summed E-state index contributed by atoms with van der Waals surface area (Å²) in [7, 11) is 0. The highest BCUT2D eigenvalue weighted by atomic mass is 127. The first-order valence-corrected chi connectivity index (χ1v) is 7.20. The van der Waals surface area contributed by atoms with Crippen molar-refractivity contribution in [1.82, 2.24) is 4.98 Å². The Kier molecular flexibility index (Phi) is 4.46. The largest absolute Gasteiger partial charge is 0.379 e. The van der Waals surface area contributed by atoms with E-state index in [4.69, 9.17) is 23.2 Å². The van der Waals surface area contributed by atoms with Crippen molar-refractivity contribution in [2.45, 2.75) is 6.54 Å². The van der Waals surface area contributed by atoms with Gasteiger partial charge in [-0.2, -0.15) is 0 Å². The van der Waals surface area contributed by atoms with E-state index in [0.717, 1.165) is 4.88 Å². The van der Waals surface area contributed by atoms with Crippen molar-refractivity contribution in [3.05, 3.63) is 42.1 Å². The van der Waals surface area contributed by atoms with Gasteiger partial charge in [-0.3, -0.25) is 0 Å². The number of nitrogens with one attached hydrogen (secondary N) is 1. The molecule has 0 aliphatic heterocycles. The molecule has 2 rings (SSSR count). The topological polar surface area (TPSA) is 24.9 Å². The number of halogens is 4. The van der Waals surface area contributed by atoms with Crippen LogP contribution in [-0.2, 0) is 6.54 Å². The molecule has 0 saturated heterocycles. The molecule has 0 bridgehead atoms. The summed E-state index contributed by atoms with van der Waals surface area (Å²) >= 11 is 15.0. The number of nitrogens with zero attached hydrogens (tertiary/aromatic N) is 1. The van der Waals surface area contributed by atoms with Crippen molar-refractivity contribution in [1.29, 1.82) is 0 Å². The predicted molar refractivity (Wildman–Crippen MR) is 78.6 cm³/mol. The Hall–Kier alpha value is -0.110. The molecule has 0 radical (unpaired) electrons. The summed E-state index contributed by atoms with van der Waals surface area (Å²) in [4.78, 5) is 4.92. The molecule has 0 unspecified atom stereocenters. The molecular weight excluding hydrogens is 397 g/mol. The summed E-state index contributed by atoms with van der Waals surface area (Å²) < 4.78 is 14.2. The fourth-order valence-corrected chi connectivity index (χ4v) is 2.81. The van der Waals surface area contributed by atoms with Gasteiger partial charge in [0.1, 0.15) is 5.82 Å². The van der Waals surface area contributed by atoms with Crippen LogP contribution in [0.1, 0.15) is 4.88 Å². The van der Waals surface area contributed by atoms with Crippen molar-refractivity contribution < 1.29 is 4.39 Å². The number of hydrogen-bond acceptors (Lipinski definition) is 3. The molecular formula is C10H6Cl2FIN2S. The van der Waals surface area contributed by atoms with Gasteiger partial charge in [0.15, 0.2) is 4.47 Å². The summed E-state index contributed by atoms with van der Waals surface area (Å²) in [5.41, 5.74) is 0.696. The molecule has 0 aliphatic rings. The minimum absolute atomic E-state index is 0.318. The van der Waals surface area contributed by atoms with Crippen LogP contribution in [0.15, 0.2) is 18.3 Å². The van der Waals surface area contributed by atoms with Crippen LogP contribution in [0.4, 0.5) is 10.1 Å². The van der Waals surface area contributed by atoms with Gasteiger partial charge in [0.25, 0.3) is 0 Å². The maximum atomic E-state index is 13.2. The maximum absolute atomic E-state index is 13.2. The van der Waals surface area contributed by atoms with Crippen LogP contribution in [0.3, 0.4) is 0 Å². The highest BCUT2D eigenvalue weighted by molar-refractivity contribution is 14.1. The van der Waals surface area contributed by atoms with E-state index in [2.05, 4.69) is 10.3 Å². The third-order valence-electron chi connectivity index (χ3n) is 1.99. The molecule has 0 spiro atoms. The van der Waals surface area contributed by atoms with E-state index >= 15 is 0 Å². The van der Waals surface area contributed by atoms with E-state index in [0.29, 0.717) is 25.3 Å². The lowest BCUT2D eigenvalue weighted by Crippen LogP contribution is -1.99. The van der Waals surface area contributed by atoms with Crippen molar-refractivity contribution in [3.8, 4) is 0 Å². The Labute approximate surface area is 125 Å². The number of hydrogen-bond donors (Lipinski definition) is 1. The van der Waals surface area contributed by atoms with Crippen molar-refractivity contribution in [2.75, 3.05) is 5.32 Å². The molecule has 0 amide bonds. The van der Waals surface area contributed by atoms with Crippen LogP contribution < -0.4 is 5.32 Å². The van der Waals surface area contributed by atoms with E-state index in [1.807, 2.05) is 22.6 Å². The number of rotatable bonds is 3. The summed E-state index contributed by atoms with van der Waals surface area (Å²) in [6.07, 6.45) is 1.70. The molecule has 0 atom stereocenters. The molecule has 0 aliphatic carbocycles. The normalized spacial score (nSPS) is 10.6. The molecule has 1 aromatic carbocycles. The molecule has 1 heterocycles. The average Bonchev–Trinajstić information content (AvgIpc) is 2.68. The number of benzene rings is 1. The highest BCUT2D eigenvalue weighted by Gasteiger charge is 2.07. The van der Waals surface area contributed by atoms with Gasteiger partial charge in [0.2, 0.25) is 0 Å². The molecule has 90 valence electrons. The molecule has 1 aromatic heterocycles. The summed E-state index contributed by atoms with van der Waals surface area (Å²) in [6.45, 7) is 0.561. The molecule has 0 fully saturated rings. The van der Waals surface area contributed by atoms with Gasteiger partial charge in [-0.15, -0.1) is 11.3 Å². The lowest BCUT2D eigenvalue weighted by Gasteiger charge is -2.08. The lowest BCUT2D eigenvalue weighted by molar-refractivity contribution is 0.620. The Bertz CT molecular complexity index is 547. The van der Waals surface area contributed by atoms with Crippen molar-refractivity contribution in [2.24, 2.45) is 0 Å². The van der Waals surface area contributed by atoms with Gasteiger partial charge in [-0.1, -0.05) is 23.2 Å². The first-order chi connectivity index (χ1) is 8.06. The van der Waals surface area contributed by atoms with Gasteiger partial charge in [-0.05, 0) is 34.7 Å². The zero-order valence-electron chi connectivity index (χ0n) is 8.31. The molecule has 17 heavy (non-hydrogen) atoms. The van der Waals surface area contributed by atoms with E-state index in [1.165, 1.54) is 17.4 Å². The summed E-state index contributed by atoms with van der Waals surface area (Å²) in [6, 6.07) is 2.96. The van der Waals surface area contributed by atoms with Gasteiger partial charge < -0.3 is 5.32 Å². The molecule has 2 aromatic rings. The second-order valence-corrected chi connectivity index (χ2v) is 6.45. The molecule has 1 N–H and O–H groups in total. The predicted octanol–water partition coefficient (Wildman–Crippen LogP) is 4.81. The van der Waals surface area contributed by atoms with Gasteiger partial charge in [0, 0.05) is 11.1 Å². The standard InChI is InChI=1S/C10H6Cl2FIN2S/c11-6-1-7(13)8(14)2-9(6)15-3-5-4-16-10(12)17-5/h1-2,4,15H,3H2. The van der Waals surface area contributed by atoms with Crippen LogP contribution in [0.2, 0.25) is 9.49 Å². The minimum Gasteiger partial charge on any atom is -0.379 e. The van der Waals surface area contributed by atoms with Crippen LogP contribution in [-0.4, -0.2) is 4.98 Å². The van der Waals surface area contributed by atoms with E-state index in [9.17, 15) is 4.39 Å². The Balaban J connectivity index is 2.11. The Morgan fingerprint density at radius 1 is 1.41 bits per heavy atom. The monoisotopic (exact) mass is 402 g/mol. The fourth-order valence-electron chi connectivity index (χ4n) is 1.21. The first-order valence-electron chi connectivity index (χ1n) is 4.55. The Morgan fingerprint density at radius 3 is 2.82 bits per heavy atom. The fraction of sp³-hybridized carbons (Fsp3) is 0.100. The third kappa shape index (κ3) is 3.43. The van der Waals surface area contributed by atoms with Crippen molar-refractivity contribution >= 4 is 62.8 Å². The smallest absolute Gasteiger partial charge is 0.183 e. The lowest BCUT2D eigenvalue weighted by atomic mass is 10.3. The number of thiazole rings is 1. The van der Waals surface area contributed by atoms with E-state index in [-0.39, 0.29) is 5.82 Å². The van der Waals surface area contributed by atoms with Crippen LogP contribution >= 0.6 is 57.1 Å². The van der Waals surface area contributed by atoms with Crippen LogP contribution in [0.25, 0.3) is 0 Å². The average molecular weight is 403 g/mol. The quantitative estimate of drug-likeness (QED) is 0.588. The Morgan fingerprint density at radius 2 is 2.18 bits per heavy atom. The summed E-state index contributed by atoms with van der Waals surface area (Å²) in [5.74, 6) is -0.318.